The van der Waals surface area contributed by atoms with Crippen molar-refractivity contribution in [3.8, 4) is 17.6 Å². The van der Waals surface area contributed by atoms with Gasteiger partial charge in [0.2, 0.25) is 0 Å². The van der Waals surface area contributed by atoms with Gasteiger partial charge in [-0.2, -0.15) is 22.0 Å². The van der Waals surface area contributed by atoms with Gasteiger partial charge in [-0.3, -0.25) is 0 Å². The van der Waals surface area contributed by atoms with E-state index in [0.29, 0.717) is 11.2 Å². The number of nitrogens with one attached hydrogen (secondary N) is 3. The first kappa shape index (κ1) is 32.4. The summed E-state index contributed by atoms with van der Waals surface area (Å²) in [5.41, 5.74) is -0.221. The van der Waals surface area contributed by atoms with E-state index in [-0.39, 0.29) is 59.0 Å². The maximum absolute atomic E-state index is 14.7. The van der Waals surface area contributed by atoms with Gasteiger partial charge in [0.05, 0.1) is 58.8 Å². The van der Waals surface area contributed by atoms with Crippen molar-refractivity contribution in [2.24, 2.45) is 0 Å². The quantitative estimate of drug-likeness (QED) is 0.153. The van der Waals surface area contributed by atoms with Crippen molar-refractivity contribution in [3.63, 3.8) is 0 Å². The number of benzene rings is 2. The minimum atomic E-state index is -4.59. The monoisotopic (exact) mass is 636 g/mol. The van der Waals surface area contributed by atoms with Crippen LogP contribution in [0.3, 0.4) is 0 Å². The number of fused-ring (bicyclic) bond motifs is 1. The summed E-state index contributed by atoms with van der Waals surface area (Å²) in [5.74, 6) is 0.977. The van der Waals surface area contributed by atoms with Crippen molar-refractivity contribution in [2.75, 3.05) is 55.8 Å². The summed E-state index contributed by atoms with van der Waals surface area (Å²) in [4.78, 5) is 1.56. The number of alkyl halides is 7. The first-order valence-electron chi connectivity index (χ1n) is 13.1. The van der Waals surface area contributed by atoms with E-state index in [1.165, 1.54) is 23.1 Å². The summed E-state index contributed by atoms with van der Waals surface area (Å²) >= 11 is 0.919. The van der Waals surface area contributed by atoms with Gasteiger partial charge in [-0.1, -0.05) is 24.0 Å². The normalized spacial score (nSPS) is 17.0. The number of hydrogen-bond donors (Lipinski definition) is 4. The van der Waals surface area contributed by atoms with Crippen LogP contribution in [0.25, 0.3) is 10.1 Å². The number of rotatable bonds is 10. The Hall–Kier alpha value is -3.48. The Morgan fingerprint density at radius 1 is 1.16 bits per heavy atom. The lowest BCUT2D eigenvalue weighted by Gasteiger charge is -2.37. The molecule has 1 fully saturated rings. The molecule has 1 saturated heterocycles. The molecule has 1 unspecified atom stereocenters. The molecule has 0 bridgehead atoms. The average Bonchev–Trinajstić information content (AvgIpc) is 3.24. The van der Waals surface area contributed by atoms with Crippen LogP contribution < -0.4 is 20.7 Å². The van der Waals surface area contributed by atoms with Crippen LogP contribution in [0.15, 0.2) is 30.3 Å². The summed E-state index contributed by atoms with van der Waals surface area (Å²) in [7, 11) is 1.59. The van der Waals surface area contributed by atoms with Gasteiger partial charge in [-0.15, -0.1) is 11.3 Å². The van der Waals surface area contributed by atoms with Gasteiger partial charge in [-0.05, 0) is 30.5 Å². The van der Waals surface area contributed by atoms with Crippen LogP contribution in [0.1, 0.15) is 16.9 Å². The summed E-state index contributed by atoms with van der Waals surface area (Å²) < 4.78 is 115. The standard InChI is InChI=1S/C28H28F8N4O2S/c1-40-10-7-24(27(32,33)15-40)39-19-5-2-4-16-17(14-28(34,35)36)23(43-25(16)19)6-3-8-37-21-12-18(29)20(38-9-11-41)13-22(21)42-26(30)31/h2,4-5,12-13,24,26,37-39,41H,7-11,14-15H2,1H3. The zero-order chi connectivity index (χ0) is 31.4. The number of hydrogen-bond acceptors (Lipinski definition) is 7. The maximum atomic E-state index is 14.7. The highest BCUT2D eigenvalue weighted by Gasteiger charge is 2.44. The molecule has 4 N–H and O–H groups in total. The van der Waals surface area contributed by atoms with E-state index in [0.717, 1.165) is 23.5 Å². The van der Waals surface area contributed by atoms with Crippen LogP contribution in [0.5, 0.6) is 5.75 Å². The SMILES string of the molecule is CN1CCC(Nc2cccc3c(CC(F)(F)F)c(C#CCNc4cc(F)c(NCCO)cc4OC(F)F)sc23)C(F)(F)C1. The molecule has 1 aliphatic heterocycles. The summed E-state index contributed by atoms with van der Waals surface area (Å²) in [6.45, 7) is -3.93. The smallest absolute Gasteiger partial charge is 0.393 e. The molecule has 0 aliphatic carbocycles. The lowest BCUT2D eigenvalue weighted by Crippen LogP contribution is -2.53. The summed E-state index contributed by atoms with van der Waals surface area (Å²) in [5, 5.41) is 17.1. The molecular formula is C28H28F8N4O2S. The first-order valence-corrected chi connectivity index (χ1v) is 13.9. The van der Waals surface area contributed by atoms with E-state index in [1.54, 1.807) is 7.05 Å². The van der Waals surface area contributed by atoms with Crippen molar-refractivity contribution in [1.29, 1.82) is 0 Å². The second-order valence-electron chi connectivity index (χ2n) is 9.88. The molecule has 4 rings (SSSR count). The van der Waals surface area contributed by atoms with Crippen molar-refractivity contribution >= 4 is 38.5 Å². The number of nitrogens with zero attached hydrogens (tertiary/aromatic N) is 1. The van der Waals surface area contributed by atoms with Gasteiger partial charge in [0.15, 0.2) is 5.75 Å². The van der Waals surface area contributed by atoms with E-state index in [2.05, 4.69) is 32.5 Å². The van der Waals surface area contributed by atoms with Crippen LogP contribution in [-0.4, -0.2) is 74.6 Å². The molecule has 234 valence electrons. The molecule has 3 aromatic rings. The molecule has 2 heterocycles. The molecule has 1 aromatic heterocycles. The van der Waals surface area contributed by atoms with Gasteiger partial charge >= 0.3 is 12.8 Å². The number of aliphatic hydroxyl groups excluding tert-OH is 1. The second-order valence-corrected chi connectivity index (χ2v) is 10.9. The van der Waals surface area contributed by atoms with Gasteiger partial charge in [0, 0.05) is 25.2 Å². The van der Waals surface area contributed by atoms with Crippen molar-refractivity contribution in [2.45, 2.75) is 37.6 Å². The van der Waals surface area contributed by atoms with Gasteiger partial charge in [0.25, 0.3) is 5.92 Å². The lowest BCUT2D eigenvalue weighted by atomic mass is 10.0. The third kappa shape index (κ3) is 8.33. The first-order chi connectivity index (χ1) is 20.3. The number of anilines is 3. The van der Waals surface area contributed by atoms with Crippen molar-refractivity contribution in [1.82, 2.24) is 4.90 Å². The molecule has 43 heavy (non-hydrogen) atoms. The zero-order valence-electron chi connectivity index (χ0n) is 22.7. The molecule has 0 radical (unpaired) electrons. The molecule has 0 saturated carbocycles. The molecule has 1 atom stereocenters. The topological polar surface area (TPSA) is 68.8 Å². The number of piperidine rings is 1. The molecule has 15 heteroatoms. The van der Waals surface area contributed by atoms with E-state index < -0.39 is 49.3 Å². The Balaban J connectivity index is 1.62. The highest BCUT2D eigenvalue weighted by atomic mass is 32.1. The Labute approximate surface area is 246 Å². The van der Waals surface area contributed by atoms with Crippen molar-refractivity contribution < 1.29 is 45.0 Å². The number of likely N-dealkylation sites (tertiary alicyclic amines) is 1. The fraction of sp³-hybridized carbons (Fsp3) is 0.429. The third-order valence-electron chi connectivity index (χ3n) is 6.60. The van der Waals surface area contributed by atoms with Gasteiger partial charge in [-0.25, -0.2) is 13.2 Å². The van der Waals surface area contributed by atoms with Crippen LogP contribution in [0, 0.1) is 17.7 Å². The van der Waals surface area contributed by atoms with Crippen LogP contribution >= 0.6 is 11.3 Å². The minimum absolute atomic E-state index is 0.0453. The summed E-state index contributed by atoms with van der Waals surface area (Å²) in [6, 6.07) is 5.13. The fourth-order valence-corrected chi connectivity index (χ4v) is 5.88. The minimum Gasteiger partial charge on any atom is -0.433 e. The van der Waals surface area contributed by atoms with E-state index in [1.807, 2.05) is 0 Å². The van der Waals surface area contributed by atoms with Gasteiger partial charge in [0.1, 0.15) is 5.82 Å². The molecule has 2 aromatic carbocycles. The van der Waals surface area contributed by atoms with Crippen molar-refractivity contribution in [3.05, 3.63) is 46.6 Å². The van der Waals surface area contributed by atoms with E-state index >= 15 is 0 Å². The Bertz CT molecular complexity index is 1490. The molecule has 0 spiro atoms. The Kier molecular flexibility index (Phi) is 10.1. The van der Waals surface area contributed by atoms with Crippen LogP contribution in [0.2, 0.25) is 0 Å². The van der Waals surface area contributed by atoms with E-state index in [9.17, 15) is 35.1 Å². The number of halogens is 8. The number of aliphatic hydroxyl groups is 1. The lowest BCUT2D eigenvalue weighted by molar-refractivity contribution is -0.127. The van der Waals surface area contributed by atoms with Crippen LogP contribution in [-0.2, 0) is 6.42 Å². The highest BCUT2D eigenvalue weighted by molar-refractivity contribution is 7.20. The highest BCUT2D eigenvalue weighted by Crippen LogP contribution is 2.40. The predicted molar refractivity (Wildman–Crippen MR) is 150 cm³/mol. The van der Waals surface area contributed by atoms with Crippen LogP contribution in [0.4, 0.5) is 52.2 Å². The molecule has 0 amide bonds. The zero-order valence-corrected chi connectivity index (χ0v) is 23.5. The average molecular weight is 637 g/mol. The summed E-state index contributed by atoms with van der Waals surface area (Å²) in [6.07, 6.45) is -5.76. The molecular weight excluding hydrogens is 608 g/mol. The Morgan fingerprint density at radius 3 is 2.60 bits per heavy atom. The molecule has 1 aliphatic rings. The number of thiophene rings is 1. The number of ether oxygens (including phenoxy) is 1. The largest absolute Gasteiger partial charge is 0.433 e. The van der Waals surface area contributed by atoms with Gasteiger partial charge < -0.3 is 30.7 Å². The Morgan fingerprint density at radius 2 is 1.93 bits per heavy atom. The second kappa shape index (κ2) is 13.4. The molecule has 6 nitrogen and oxygen atoms in total. The maximum Gasteiger partial charge on any atom is 0.393 e. The van der Waals surface area contributed by atoms with E-state index in [4.69, 9.17) is 5.11 Å². The predicted octanol–water partition coefficient (Wildman–Crippen LogP) is 6.37. The fourth-order valence-electron chi connectivity index (χ4n) is 4.71. The third-order valence-corrected chi connectivity index (χ3v) is 7.79.